The molecule has 2 unspecified atom stereocenters. The van der Waals surface area contributed by atoms with Crippen molar-refractivity contribution in [2.24, 2.45) is 0 Å². The molecule has 1 aliphatic rings. The van der Waals surface area contributed by atoms with E-state index in [9.17, 15) is 16.8 Å². The number of hydrogen-bond acceptors (Lipinski definition) is 4. The monoisotopic (exact) mass is 212 g/mol. The predicted molar refractivity (Wildman–Crippen MR) is 46.5 cm³/mol. The van der Waals surface area contributed by atoms with Gasteiger partial charge in [-0.1, -0.05) is 0 Å². The van der Waals surface area contributed by atoms with Crippen molar-refractivity contribution in [3.63, 3.8) is 0 Å². The van der Waals surface area contributed by atoms with Crippen LogP contribution < -0.4 is 0 Å². The molecule has 0 amide bonds. The van der Waals surface area contributed by atoms with Gasteiger partial charge in [-0.25, -0.2) is 16.8 Å². The maximum atomic E-state index is 11.3. The van der Waals surface area contributed by atoms with E-state index < -0.39 is 30.2 Å². The first kappa shape index (κ1) is 9.98. The van der Waals surface area contributed by atoms with E-state index in [1.807, 2.05) is 0 Å². The fourth-order valence-corrected chi connectivity index (χ4v) is 6.49. The molecule has 0 aromatic carbocycles. The van der Waals surface area contributed by atoms with Gasteiger partial charge in [0.1, 0.15) is 0 Å². The van der Waals surface area contributed by atoms with Crippen LogP contribution in [-0.4, -0.2) is 38.8 Å². The van der Waals surface area contributed by atoms with Crippen molar-refractivity contribution >= 4 is 19.7 Å². The number of sulfone groups is 2. The average Bonchev–Trinajstić information content (AvgIpc) is 1.82. The molecule has 1 aliphatic heterocycles. The van der Waals surface area contributed by atoms with Gasteiger partial charge < -0.3 is 0 Å². The quantitative estimate of drug-likeness (QED) is 0.548. The molecule has 72 valence electrons. The van der Waals surface area contributed by atoms with E-state index in [2.05, 4.69) is 0 Å². The minimum atomic E-state index is -3.19. The Bertz CT molecular complexity index is 340. The van der Waals surface area contributed by atoms with Crippen LogP contribution in [0, 0.1) is 0 Å². The summed E-state index contributed by atoms with van der Waals surface area (Å²) in [6.45, 7) is 2.89. The first-order valence-electron chi connectivity index (χ1n) is 3.69. The van der Waals surface area contributed by atoms with Crippen LogP contribution in [0.3, 0.4) is 0 Å². The summed E-state index contributed by atoms with van der Waals surface area (Å²) in [6.07, 6.45) is 0. The van der Waals surface area contributed by atoms with Crippen LogP contribution in [-0.2, 0) is 19.7 Å². The lowest BCUT2D eigenvalue weighted by molar-refractivity contribution is 0.558. The molecular weight excluding hydrogens is 200 g/mol. The Labute approximate surface area is 72.8 Å². The summed E-state index contributed by atoms with van der Waals surface area (Å²) in [5, 5.41) is -1.49. The Morgan fingerprint density at radius 2 is 1.25 bits per heavy atom. The third kappa shape index (κ3) is 1.64. The molecule has 2 atom stereocenters. The summed E-state index contributed by atoms with van der Waals surface area (Å²) >= 11 is 0. The highest BCUT2D eigenvalue weighted by atomic mass is 32.2. The molecule has 0 aliphatic carbocycles. The molecule has 12 heavy (non-hydrogen) atoms. The Morgan fingerprint density at radius 1 is 0.917 bits per heavy atom. The van der Waals surface area contributed by atoms with Crippen LogP contribution in [0.15, 0.2) is 0 Å². The minimum Gasteiger partial charge on any atom is -0.229 e. The lowest BCUT2D eigenvalue weighted by atomic mass is 10.5. The standard InChI is InChI=1S/C6H12O4S2/c1-5-3-11(7,8)4-6(2)12(5,9)10/h5-6H,3-4H2,1-2H3. The molecule has 1 fully saturated rings. The van der Waals surface area contributed by atoms with E-state index in [-0.39, 0.29) is 11.5 Å². The molecular formula is C6H12O4S2. The van der Waals surface area contributed by atoms with Gasteiger partial charge in [-0.15, -0.1) is 0 Å². The summed E-state index contributed by atoms with van der Waals surface area (Å²) in [4.78, 5) is 0. The van der Waals surface area contributed by atoms with Crippen molar-refractivity contribution in [1.82, 2.24) is 0 Å². The Hall–Kier alpha value is -0.100. The van der Waals surface area contributed by atoms with E-state index in [0.717, 1.165) is 0 Å². The molecule has 0 radical (unpaired) electrons. The summed E-state index contributed by atoms with van der Waals surface area (Å²) in [6, 6.07) is 0. The average molecular weight is 212 g/mol. The van der Waals surface area contributed by atoms with Gasteiger partial charge >= 0.3 is 0 Å². The molecule has 1 heterocycles. The highest BCUT2D eigenvalue weighted by Gasteiger charge is 2.39. The van der Waals surface area contributed by atoms with Crippen LogP contribution in [0.4, 0.5) is 0 Å². The molecule has 4 nitrogen and oxygen atoms in total. The maximum absolute atomic E-state index is 11.3. The first-order chi connectivity index (χ1) is 5.26. The number of rotatable bonds is 0. The zero-order valence-electron chi connectivity index (χ0n) is 7.02. The van der Waals surface area contributed by atoms with E-state index in [0.29, 0.717) is 0 Å². The molecule has 1 saturated heterocycles. The van der Waals surface area contributed by atoms with Crippen molar-refractivity contribution in [3.8, 4) is 0 Å². The predicted octanol–water partition coefficient (Wildman–Crippen LogP) is -0.393. The van der Waals surface area contributed by atoms with Gasteiger partial charge in [-0.2, -0.15) is 0 Å². The fraction of sp³-hybridized carbons (Fsp3) is 1.00. The molecule has 0 aromatic rings. The van der Waals surface area contributed by atoms with Crippen LogP contribution in [0.25, 0.3) is 0 Å². The number of hydrogen-bond donors (Lipinski definition) is 0. The SMILES string of the molecule is CC1CS(=O)(=O)CC(C)S1(=O)=O. The van der Waals surface area contributed by atoms with Crippen molar-refractivity contribution in [1.29, 1.82) is 0 Å². The molecule has 0 aromatic heterocycles. The second-order valence-corrected chi connectivity index (χ2v) is 8.23. The summed E-state index contributed by atoms with van der Waals surface area (Å²) in [5.41, 5.74) is 0. The Balaban J connectivity index is 3.10. The maximum Gasteiger partial charge on any atom is 0.157 e. The summed E-state index contributed by atoms with van der Waals surface area (Å²) in [7, 11) is -6.32. The molecule has 0 bridgehead atoms. The van der Waals surface area contributed by atoms with E-state index >= 15 is 0 Å². The molecule has 1 rings (SSSR count). The molecule has 6 heteroatoms. The van der Waals surface area contributed by atoms with Crippen molar-refractivity contribution in [3.05, 3.63) is 0 Å². The smallest absolute Gasteiger partial charge is 0.157 e. The van der Waals surface area contributed by atoms with E-state index in [4.69, 9.17) is 0 Å². The highest BCUT2D eigenvalue weighted by Crippen LogP contribution is 2.19. The second kappa shape index (κ2) is 2.70. The Kier molecular flexibility index (Phi) is 2.24. The summed E-state index contributed by atoms with van der Waals surface area (Å²) < 4.78 is 44.9. The zero-order chi connectivity index (χ0) is 9.57. The second-order valence-electron chi connectivity index (χ2n) is 3.29. The summed E-state index contributed by atoms with van der Waals surface area (Å²) in [5.74, 6) is -0.445. The lowest BCUT2D eigenvalue weighted by Crippen LogP contribution is -2.44. The largest absolute Gasteiger partial charge is 0.229 e. The van der Waals surface area contributed by atoms with Crippen molar-refractivity contribution in [2.45, 2.75) is 24.3 Å². The van der Waals surface area contributed by atoms with E-state index in [1.54, 1.807) is 0 Å². The third-order valence-corrected chi connectivity index (χ3v) is 7.11. The topological polar surface area (TPSA) is 68.3 Å². The van der Waals surface area contributed by atoms with Crippen LogP contribution in [0.2, 0.25) is 0 Å². The third-order valence-electron chi connectivity index (χ3n) is 2.10. The van der Waals surface area contributed by atoms with Crippen LogP contribution in [0.5, 0.6) is 0 Å². The molecule has 0 saturated carbocycles. The van der Waals surface area contributed by atoms with Gasteiger partial charge in [0.2, 0.25) is 0 Å². The minimum absolute atomic E-state index is 0.223. The zero-order valence-corrected chi connectivity index (χ0v) is 8.65. The highest BCUT2D eigenvalue weighted by molar-refractivity contribution is 7.99. The van der Waals surface area contributed by atoms with Gasteiger partial charge in [0.05, 0.1) is 22.0 Å². The van der Waals surface area contributed by atoms with Gasteiger partial charge in [0.15, 0.2) is 19.7 Å². The van der Waals surface area contributed by atoms with Gasteiger partial charge in [0, 0.05) is 0 Å². The lowest BCUT2D eigenvalue weighted by Gasteiger charge is -2.24. The Morgan fingerprint density at radius 3 is 1.58 bits per heavy atom. The van der Waals surface area contributed by atoms with Crippen molar-refractivity contribution in [2.75, 3.05) is 11.5 Å². The molecule has 0 spiro atoms. The van der Waals surface area contributed by atoms with E-state index in [1.165, 1.54) is 13.8 Å². The first-order valence-corrected chi connectivity index (χ1v) is 7.12. The fourth-order valence-electron chi connectivity index (χ4n) is 1.37. The van der Waals surface area contributed by atoms with Crippen molar-refractivity contribution < 1.29 is 16.8 Å². The van der Waals surface area contributed by atoms with Gasteiger partial charge in [-0.3, -0.25) is 0 Å². The van der Waals surface area contributed by atoms with Gasteiger partial charge in [0.25, 0.3) is 0 Å². The normalized spacial score (nSPS) is 39.2. The van der Waals surface area contributed by atoms with Crippen LogP contribution in [0.1, 0.15) is 13.8 Å². The van der Waals surface area contributed by atoms with Gasteiger partial charge in [-0.05, 0) is 13.8 Å². The van der Waals surface area contributed by atoms with Crippen LogP contribution >= 0.6 is 0 Å². The molecule has 0 N–H and O–H groups in total.